The van der Waals surface area contributed by atoms with E-state index in [0.29, 0.717) is 16.6 Å². The number of aromatic amines is 1. The first kappa shape index (κ1) is 11.8. The SMILES string of the molecule is COC(=O)/C=C/c1n[nH]c2cc([N+](=O)[O-])ccc12. The van der Waals surface area contributed by atoms with Gasteiger partial charge < -0.3 is 4.74 Å². The average molecular weight is 247 g/mol. The van der Waals surface area contributed by atoms with Gasteiger partial charge in [-0.2, -0.15) is 5.10 Å². The van der Waals surface area contributed by atoms with Gasteiger partial charge in [-0.15, -0.1) is 0 Å². The Balaban J connectivity index is 2.40. The fourth-order valence-electron chi connectivity index (χ4n) is 1.48. The fourth-order valence-corrected chi connectivity index (χ4v) is 1.48. The molecule has 92 valence electrons. The quantitative estimate of drug-likeness (QED) is 0.385. The molecule has 2 aromatic rings. The zero-order valence-electron chi connectivity index (χ0n) is 9.41. The number of nitro groups is 1. The summed E-state index contributed by atoms with van der Waals surface area (Å²) >= 11 is 0. The minimum absolute atomic E-state index is 0.0188. The number of carbonyl (C=O) groups is 1. The molecule has 0 atom stereocenters. The molecule has 1 aromatic carbocycles. The number of nitro benzene ring substituents is 1. The van der Waals surface area contributed by atoms with Gasteiger partial charge in [0.2, 0.25) is 0 Å². The number of benzene rings is 1. The largest absolute Gasteiger partial charge is 0.466 e. The minimum Gasteiger partial charge on any atom is -0.466 e. The molecular formula is C11H9N3O4. The molecule has 0 aliphatic heterocycles. The van der Waals surface area contributed by atoms with Crippen molar-refractivity contribution in [1.82, 2.24) is 10.2 Å². The number of hydrogen-bond acceptors (Lipinski definition) is 5. The molecule has 7 heteroatoms. The van der Waals surface area contributed by atoms with Gasteiger partial charge in [0.25, 0.3) is 5.69 Å². The van der Waals surface area contributed by atoms with Crippen molar-refractivity contribution in [1.29, 1.82) is 0 Å². The summed E-state index contributed by atoms with van der Waals surface area (Å²) in [5.74, 6) is -0.493. The van der Waals surface area contributed by atoms with E-state index in [1.807, 2.05) is 0 Å². The summed E-state index contributed by atoms with van der Waals surface area (Å²) in [6.07, 6.45) is 2.72. The molecule has 7 nitrogen and oxygen atoms in total. The lowest BCUT2D eigenvalue weighted by molar-refractivity contribution is -0.384. The molecule has 0 aliphatic rings. The topological polar surface area (TPSA) is 98.1 Å². The molecule has 1 N–H and O–H groups in total. The van der Waals surface area contributed by atoms with Crippen LogP contribution in [0.15, 0.2) is 24.3 Å². The van der Waals surface area contributed by atoms with Crippen molar-refractivity contribution in [2.45, 2.75) is 0 Å². The highest BCUT2D eigenvalue weighted by Crippen LogP contribution is 2.22. The summed E-state index contributed by atoms with van der Waals surface area (Å²) in [4.78, 5) is 21.1. The van der Waals surface area contributed by atoms with Crippen molar-refractivity contribution in [2.75, 3.05) is 7.11 Å². The predicted molar refractivity (Wildman–Crippen MR) is 63.8 cm³/mol. The van der Waals surface area contributed by atoms with E-state index in [9.17, 15) is 14.9 Å². The third kappa shape index (κ3) is 2.19. The minimum atomic E-state index is -0.493. The standard InChI is InChI=1S/C11H9N3O4/c1-18-11(15)5-4-9-8-3-2-7(14(16)17)6-10(8)13-12-9/h2-6H,1H3,(H,12,13)/b5-4+. The third-order valence-corrected chi connectivity index (χ3v) is 2.37. The highest BCUT2D eigenvalue weighted by Gasteiger charge is 2.09. The number of non-ortho nitro benzene ring substituents is 1. The molecule has 0 bridgehead atoms. The number of aromatic nitrogens is 2. The van der Waals surface area contributed by atoms with E-state index in [1.54, 1.807) is 6.07 Å². The summed E-state index contributed by atoms with van der Waals surface area (Å²) < 4.78 is 4.46. The number of nitrogens with zero attached hydrogens (tertiary/aromatic N) is 2. The third-order valence-electron chi connectivity index (χ3n) is 2.37. The number of carbonyl (C=O) groups excluding carboxylic acids is 1. The number of hydrogen-bond donors (Lipinski definition) is 1. The van der Waals surface area contributed by atoms with E-state index >= 15 is 0 Å². The van der Waals surface area contributed by atoms with Crippen LogP contribution in [0.3, 0.4) is 0 Å². The molecule has 0 saturated heterocycles. The molecule has 2 rings (SSSR count). The Morgan fingerprint density at radius 1 is 1.56 bits per heavy atom. The maximum absolute atomic E-state index is 11.0. The molecule has 0 aliphatic carbocycles. The van der Waals surface area contributed by atoms with Crippen LogP contribution in [-0.4, -0.2) is 28.2 Å². The van der Waals surface area contributed by atoms with Gasteiger partial charge in [0.1, 0.15) is 0 Å². The lowest BCUT2D eigenvalue weighted by atomic mass is 10.2. The normalized spacial score (nSPS) is 10.9. The van der Waals surface area contributed by atoms with Gasteiger partial charge in [-0.3, -0.25) is 15.2 Å². The molecule has 0 unspecified atom stereocenters. The fraction of sp³-hybridized carbons (Fsp3) is 0.0909. The first-order chi connectivity index (χ1) is 8.61. The number of H-pyrrole nitrogens is 1. The number of fused-ring (bicyclic) bond motifs is 1. The molecule has 0 fully saturated rings. The Kier molecular flexibility index (Phi) is 3.05. The van der Waals surface area contributed by atoms with Crippen LogP contribution in [0, 0.1) is 10.1 Å². The van der Waals surface area contributed by atoms with Crippen molar-refractivity contribution < 1.29 is 14.5 Å². The van der Waals surface area contributed by atoms with Gasteiger partial charge in [0.15, 0.2) is 0 Å². The zero-order chi connectivity index (χ0) is 13.1. The van der Waals surface area contributed by atoms with Crippen LogP contribution in [0.1, 0.15) is 5.69 Å². The van der Waals surface area contributed by atoms with Crippen molar-refractivity contribution in [3.63, 3.8) is 0 Å². The number of methoxy groups -OCH3 is 1. The molecule has 1 aromatic heterocycles. The Morgan fingerprint density at radius 3 is 3.00 bits per heavy atom. The first-order valence-electron chi connectivity index (χ1n) is 5.00. The van der Waals surface area contributed by atoms with Crippen LogP contribution >= 0.6 is 0 Å². The van der Waals surface area contributed by atoms with Gasteiger partial charge in [-0.1, -0.05) is 0 Å². The summed E-state index contributed by atoms with van der Waals surface area (Å²) in [6.45, 7) is 0. The Bertz CT molecular complexity index is 645. The summed E-state index contributed by atoms with van der Waals surface area (Å²) in [6, 6.07) is 4.35. The molecule has 0 spiro atoms. The Labute approximate surface area is 101 Å². The number of esters is 1. The summed E-state index contributed by atoms with van der Waals surface area (Å²) in [5.41, 5.74) is 1.04. The predicted octanol–water partition coefficient (Wildman–Crippen LogP) is 1.66. The van der Waals surface area contributed by atoms with Crippen molar-refractivity contribution in [2.24, 2.45) is 0 Å². The van der Waals surface area contributed by atoms with Gasteiger partial charge in [0.05, 0.1) is 23.2 Å². The summed E-state index contributed by atoms with van der Waals surface area (Å²) in [5, 5.41) is 17.9. The van der Waals surface area contributed by atoms with Crippen LogP contribution in [0.4, 0.5) is 5.69 Å². The Hall–Kier alpha value is -2.70. The van der Waals surface area contributed by atoms with E-state index in [2.05, 4.69) is 14.9 Å². The second-order valence-corrected chi connectivity index (χ2v) is 3.45. The van der Waals surface area contributed by atoms with E-state index in [0.717, 1.165) is 0 Å². The van der Waals surface area contributed by atoms with E-state index in [-0.39, 0.29) is 5.69 Å². The molecule has 0 amide bonds. The number of rotatable bonds is 3. The van der Waals surface area contributed by atoms with Gasteiger partial charge in [-0.25, -0.2) is 4.79 Å². The molecule has 0 radical (unpaired) electrons. The van der Waals surface area contributed by atoms with Crippen molar-refractivity contribution in [3.05, 3.63) is 40.1 Å². The second kappa shape index (κ2) is 4.66. The average Bonchev–Trinajstić information content (AvgIpc) is 2.78. The maximum atomic E-state index is 11.0. The second-order valence-electron chi connectivity index (χ2n) is 3.45. The molecular weight excluding hydrogens is 238 g/mol. The number of nitrogens with one attached hydrogen (secondary N) is 1. The lowest BCUT2D eigenvalue weighted by Gasteiger charge is -1.92. The maximum Gasteiger partial charge on any atom is 0.330 e. The molecule has 1 heterocycles. The lowest BCUT2D eigenvalue weighted by Crippen LogP contribution is -1.93. The van der Waals surface area contributed by atoms with Crippen LogP contribution in [0.2, 0.25) is 0 Å². The van der Waals surface area contributed by atoms with Gasteiger partial charge in [0, 0.05) is 23.6 Å². The van der Waals surface area contributed by atoms with Crippen LogP contribution in [-0.2, 0) is 9.53 Å². The first-order valence-corrected chi connectivity index (χ1v) is 5.00. The van der Waals surface area contributed by atoms with E-state index < -0.39 is 10.9 Å². The molecule has 0 saturated carbocycles. The molecule has 18 heavy (non-hydrogen) atoms. The van der Waals surface area contributed by atoms with Crippen LogP contribution < -0.4 is 0 Å². The van der Waals surface area contributed by atoms with Crippen molar-refractivity contribution in [3.8, 4) is 0 Å². The number of ether oxygens (including phenoxy) is 1. The van der Waals surface area contributed by atoms with Crippen LogP contribution in [0.5, 0.6) is 0 Å². The van der Waals surface area contributed by atoms with Gasteiger partial charge in [-0.05, 0) is 12.1 Å². The van der Waals surface area contributed by atoms with E-state index in [1.165, 1.54) is 31.4 Å². The van der Waals surface area contributed by atoms with Crippen LogP contribution in [0.25, 0.3) is 17.0 Å². The zero-order valence-corrected chi connectivity index (χ0v) is 9.41. The highest BCUT2D eigenvalue weighted by atomic mass is 16.6. The van der Waals surface area contributed by atoms with Gasteiger partial charge >= 0.3 is 5.97 Å². The Morgan fingerprint density at radius 2 is 2.33 bits per heavy atom. The highest BCUT2D eigenvalue weighted by molar-refractivity contribution is 5.93. The smallest absolute Gasteiger partial charge is 0.330 e. The van der Waals surface area contributed by atoms with E-state index in [4.69, 9.17) is 0 Å². The monoisotopic (exact) mass is 247 g/mol. The summed E-state index contributed by atoms with van der Waals surface area (Å²) in [7, 11) is 1.28. The van der Waals surface area contributed by atoms with Crippen molar-refractivity contribution >= 4 is 28.6 Å².